The molecule has 20 heavy (non-hydrogen) atoms. The first-order valence-electron chi connectivity index (χ1n) is 6.10. The molecule has 0 spiro atoms. The smallest absolute Gasteiger partial charge is 0.348 e. The van der Waals surface area contributed by atoms with Crippen molar-refractivity contribution in [3.8, 4) is 0 Å². The average Bonchev–Trinajstić information content (AvgIpc) is 3.19. The Labute approximate surface area is 121 Å². The number of hydrogen-bond acceptors (Lipinski definition) is 2. The molecule has 1 unspecified atom stereocenters. The van der Waals surface area contributed by atoms with Gasteiger partial charge in [0, 0.05) is 18.2 Å². The molecule has 3 nitrogen and oxygen atoms in total. The molecule has 3 N–H and O–H groups in total. The Morgan fingerprint density at radius 2 is 1.85 bits per heavy atom. The van der Waals surface area contributed by atoms with E-state index in [1.54, 1.807) is 0 Å². The van der Waals surface area contributed by atoms with E-state index in [1.807, 2.05) is 0 Å². The van der Waals surface area contributed by atoms with Crippen molar-refractivity contribution in [2.45, 2.75) is 25.1 Å². The Kier molecular flexibility index (Phi) is 5.42. The minimum Gasteiger partial charge on any atom is -0.348 e. The molecule has 0 heterocycles. The van der Waals surface area contributed by atoms with Crippen LogP contribution in [0.2, 0.25) is 0 Å². The highest BCUT2D eigenvalue weighted by Gasteiger charge is 2.32. The summed E-state index contributed by atoms with van der Waals surface area (Å²) < 4.78 is 37.1. The molecule has 1 saturated carbocycles. The van der Waals surface area contributed by atoms with Gasteiger partial charge in [0.1, 0.15) is 0 Å². The van der Waals surface area contributed by atoms with Crippen LogP contribution in [-0.2, 0) is 6.18 Å². The minimum atomic E-state index is -4.39. The highest BCUT2D eigenvalue weighted by Crippen LogP contribution is 2.32. The van der Waals surface area contributed by atoms with Gasteiger partial charge in [-0.25, -0.2) is 0 Å². The van der Waals surface area contributed by atoms with Crippen LogP contribution in [0.4, 0.5) is 13.2 Å². The average molecular weight is 309 g/mol. The molecule has 0 aromatic heterocycles. The second-order valence-electron chi connectivity index (χ2n) is 4.73. The lowest BCUT2D eigenvalue weighted by Crippen LogP contribution is -2.41. The summed E-state index contributed by atoms with van der Waals surface area (Å²) in [6.07, 6.45) is -2.31. The summed E-state index contributed by atoms with van der Waals surface area (Å²) in [7, 11) is 0. The van der Waals surface area contributed by atoms with Crippen LogP contribution in [0.5, 0.6) is 0 Å². The predicted molar refractivity (Wildman–Crippen MR) is 71.7 cm³/mol. The van der Waals surface area contributed by atoms with E-state index in [0.29, 0.717) is 12.5 Å². The number of rotatable bonds is 4. The summed E-state index contributed by atoms with van der Waals surface area (Å²) in [4.78, 5) is 11.9. The molecule has 1 aliphatic rings. The van der Waals surface area contributed by atoms with Gasteiger partial charge in [0.2, 0.25) is 0 Å². The van der Waals surface area contributed by atoms with Gasteiger partial charge in [-0.15, -0.1) is 12.4 Å². The molecule has 0 aliphatic heterocycles. The van der Waals surface area contributed by atoms with Crippen molar-refractivity contribution in [2.75, 3.05) is 6.54 Å². The molecule has 2 rings (SSSR count). The van der Waals surface area contributed by atoms with Crippen LogP contribution in [0.15, 0.2) is 24.3 Å². The fraction of sp³-hybridized carbons (Fsp3) is 0.462. The second-order valence-corrected chi connectivity index (χ2v) is 4.73. The molecule has 0 bridgehead atoms. The highest BCUT2D eigenvalue weighted by atomic mass is 35.5. The second kappa shape index (κ2) is 6.45. The standard InChI is InChI=1S/C13H15F3N2O.ClH/c14-13(15,16)10-5-3-9(4-6-10)12(19)18-11(7-17)8-1-2-8;/h3-6,8,11H,1-2,7,17H2,(H,18,19);1H. The maximum Gasteiger partial charge on any atom is 0.416 e. The van der Waals surface area contributed by atoms with Gasteiger partial charge in [0.25, 0.3) is 5.91 Å². The fourth-order valence-corrected chi connectivity index (χ4v) is 1.93. The Morgan fingerprint density at radius 3 is 2.25 bits per heavy atom. The van der Waals surface area contributed by atoms with Gasteiger partial charge in [0.15, 0.2) is 0 Å². The Morgan fingerprint density at radius 1 is 1.30 bits per heavy atom. The summed E-state index contributed by atoms with van der Waals surface area (Å²) in [6.45, 7) is 0.344. The van der Waals surface area contributed by atoms with Gasteiger partial charge >= 0.3 is 6.18 Å². The van der Waals surface area contributed by atoms with E-state index in [-0.39, 0.29) is 29.9 Å². The van der Waals surface area contributed by atoms with Crippen LogP contribution in [0.1, 0.15) is 28.8 Å². The van der Waals surface area contributed by atoms with Crippen molar-refractivity contribution in [1.82, 2.24) is 5.32 Å². The van der Waals surface area contributed by atoms with Gasteiger partial charge in [-0.1, -0.05) is 0 Å². The van der Waals surface area contributed by atoms with Gasteiger partial charge in [-0.3, -0.25) is 4.79 Å². The topological polar surface area (TPSA) is 55.1 Å². The van der Waals surface area contributed by atoms with Gasteiger partial charge < -0.3 is 11.1 Å². The van der Waals surface area contributed by atoms with Crippen LogP contribution in [-0.4, -0.2) is 18.5 Å². The number of alkyl halides is 3. The molecule has 1 fully saturated rings. The van der Waals surface area contributed by atoms with Crippen molar-refractivity contribution >= 4 is 18.3 Å². The summed E-state index contributed by atoms with van der Waals surface area (Å²) in [5, 5.41) is 2.76. The summed E-state index contributed by atoms with van der Waals surface area (Å²) in [5.74, 6) is 0.0273. The molecule has 112 valence electrons. The van der Waals surface area contributed by atoms with E-state index in [9.17, 15) is 18.0 Å². The molecule has 0 saturated heterocycles. The highest BCUT2D eigenvalue weighted by molar-refractivity contribution is 5.94. The number of nitrogens with one attached hydrogen (secondary N) is 1. The Balaban J connectivity index is 0.00000200. The van der Waals surface area contributed by atoms with Crippen LogP contribution in [0.25, 0.3) is 0 Å². The SMILES string of the molecule is Cl.NCC(NC(=O)c1ccc(C(F)(F)F)cc1)C1CC1. The van der Waals surface area contributed by atoms with E-state index in [4.69, 9.17) is 5.73 Å². The Bertz CT molecular complexity index is 458. The Hall–Kier alpha value is -1.27. The van der Waals surface area contributed by atoms with Crippen molar-refractivity contribution in [3.05, 3.63) is 35.4 Å². The molecule has 0 radical (unpaired) electrons. The summed E-state index contributed by atoms with van der Waals surface area (Å²) >= 11 is 0. The molecule has 7 heteroatoms. The number of benzene rings is 1. The third-order valence-electron chi connectivity index (χ3n) is 3.24. The number of amides is 1. The van der Waals surface area contributed by atoms with Gasteiger partial charge in [0.05, 0.1) is 5.56 Å². The van der Waals surface area contributed by atoms with Crippen LogP contribution >= 0.6 is 12.4 Å². The first-order chi connectivity index (χ1) is 8.91. The normalized spacial score (nSPS) is 16.2. The maximum absolute atomic E-state index is 12.4. The number of hydrogen-bond donors (Lipinski definition) is 2. The summed E-state index contributed by atoms with van der Waals surface area (Å²) in [5.41, 5.74) is 5.01. The summed E-state index contributed by atoms with van der Waals surface area (Å²) in [6, 6.07) is 4.08. The fourth-order valence-electron chi connectivity index (χ4n) is 1.93. The maximum atomic E-state index is 12.4. The van der Waals surface area contributed by atoms with E-state index in [0.717, 1.165) is 25.0 Å². The number of nitrogens with two attached hydrogens (primary N) is 1. The first kappa shape index (κ1) is 16.8. The largest absolute Gasteiger partial charge is 0.416 e. The number of carbonyl (C=O) groups excluding carboxylic acids is 1. The molecule has 1 aromatic carbocycles. The van der Waals surface area contributed by atoms with Crippen LogP contribution < -0.4 is 11.1 Å². The van der Waals surface area contributed by atoms with Crippen molar-refractivity contribution in [3.63, 3.8) is 0 Å². The molecular formula is C13H16ClF3N2O. The van der Waals surface area contributed by atoms with E-state index >= 15 is 0 Å². The molecule has 1 atom stereocenters. The third-order valence-corrected chi connectivity index (χ3v) is 3.24. The predicted octanol–water partition coefficient (Wildman–Crippen LogP) is 2.59. The lowest BCUT2D eigenvalue weighted by Gasteiger charge is -2.16. The lowest BCUT2D eigenvalue weighted by atomic mass is 10.1. The third kappa shape index (κ3) is 4.11. The number of halogens is 4. The van der Waals surface area contributed by atoms with Crippen molar-refractivity contribution in [1.29, 1.82) is 0 Å². The van der Waals surface area contributed by atoms with Crippen LogP contribution in [0, 0.1) is 5.92 Å². The molecule has 1 amide bonds. The van der Waals surface area contributed by atoms with Crippen LogP contribution in [0.3, 0.4) is 0 Å². The molecule has 1 aromatic rings. The van der Waals surface area contributed by atoms with E-state index < -0.39 is 11.7 Å². The van der Waals surface area contributed by atoms with E-state index in [1.165, 1.54) is 12.1 Å². The lowest BCUT2D eigenvalue weighted by molar-refractivity contribution is -0.137. The van der Waals surface area contributed by atoms with Gasteiger partial charge in [-0.2, -0.15) is 13.2 Å². The minimum absolute atomic E-state index is 0. The quantitative estimate of drug-likeness (QED) is 0.898. The zero-order valence-electron chi connectivity index (χ0n) is 10.6. The molecular weight excluding hydrogens is 293 g/mol. The first-order valence-corrected chi connectivity index (χ1v) is 6.10. The number of carbonyl (C=O) groups is 1. The zero-order valence-corrected chi connectivity index (χ0v) is 11.4. The van der Waals surface area contributed by atoms with Crippen molar-refractivity contribution < 1.29 is 18.0 Å². The van der Waals surface area contributed by atoms with Crippen molar-refractivity contribution in [2.24, 2.45) is 11.7 Å². The monoisotopic (exact) mass is 308 g/mol. The van der Waals surface area contributed by atoms with Gasteiger partial charge in [-0.05, 0) is 43.0 Å². The van der Waals surface area contributed by atoms with E-state index in [2.05, 4.69) is 5.32 Å². The zero-order chi connectivity index (χ0) is 14.0. The molecule has 1 aliphatic carbocycles.